The van der Waals surface area contributed by atoms with Crippen LogP contribution in [0.3, 0.4) is 0 Å². The first-order valence-electron chi connectivity index (χ1n) is 4.71. The molecule has 0 saturated carbocycles. The van der Waals surface area contributed by atoms with Crippen LogP contribution >= 0.6 is 0 Å². The van der Waals surface area contributed by atoms with Crippen LogP contribution in [0, 0.1) is 13.8 Å². The summed E-state index contributed by atoms with van der Waals surface area (Å²) in [6, 6.07) is 0. The summed E-state index contributed by atoms with van der Waals surface area (Å²) in [5, 5.41) is 3.14. The quantitative estimate of drug-likeness (QED) is 0.747. The van der Waals surface area contributed by atoms with E-state index in [-0.39, 0.29) is 12.4 Å². The van der Waals surface area contributed by atoms with Crippen molar-refractivity contribution in [1.82, 2.24) is 14.6 Å². The maximum atomic E-state index is 11.1. The molecule has 2 rings (SSSR count). The Balaban J connectivity index is 2.36. The number of H-pyrrole nitrogens is 1. The molecule has 5 nitrogen and oxygen atoms in total. The Morgan fingerprint density at radius 2 is 2.33 bits per heavy atom. The van der Waals surface area contributed by atoms with Crippen molar-refractivity contribution in [2.24, 2.45) is 0 Å². The number of hydrogen-bond acceptors (Lipinski definition) is 3. The Hall–Kier alpha value is -1.78. The van der Waals surface area contributed by atoms with Crippen LogP contribution in [-0.2, 0) is 16.0 Å². The monoisotopic (exact) mass is 207 g/mol. The van der Waals surface area contributed by atoms with E-state index in [1.165, 1.54) is 7.11 Å². The molecule has 5 heteroatoms. The molecule has 0 spiro atoms. The maximum Gasteiger partial charge on any atom is 0.311 e. The number of nitrogens with zero attached hydrogens (tertiary/aromatic N) is 2. The van der Waals surface area contributed by atoms with E-state index in [0.29, 0.717) is 0 Å². The number of rotatable bonds is 2. The number of nitrogens with one attached hydrogen (secondary N) is 1. The topological polar surface area (TPSA) is 59.4 Å². The normalized spacial score (nSPS) is 10.9. The highest BCUT2D eigenvalue weighted by atomic mass is 16.5. The van der Waals surface area contributed by atoms with Crippen LogP contribution in [0.4, 0.5) is 0 Å². The van der Waals surface area contributed by atoms with Crippen LogP contribution in [-0.4, -0.2) is 27.7 Å². The number of hydrogen-bond donors (Lipinski definition) is 1. The summed E-state index contributed by atoms with van der Waals surface area (Å²) in [6.07, 6.45) is 2.02. The Bertz CT molecular complexity index is 510. The average molecular weight is 207 g/mol. The predicted octanol–water partition coefficient (Wildman–Crippen LogP) is 0.995. The highest BCUT2D eigenvalue weighted by Gasteiger charge is 2.11. The molecule has 0 saturated heterocycles. The van der Waals surface area contributed by atoms with Gasteiger partial charge in [-0.05, 0) is 13.8 Å². The van der Waals surface area contributed by atoms with E-state index in [1.54, 1.807) is 0 Å². The number of fused-ring (bicyclic) bond motifs is 1. The van der Waals surface area contributed by atoms with Gasteiger partial charge >= 0.3 is 5.97 Å². The van der Waals surface area contributed by atoms with Crippen LogP contribution in [0.5, 0.6) is 0 Å². The van der Waals surface area contributed by atoms with Crippen LogP contribution in [0.25, 0.3) is 5.65 Å². The maximum absolute atomic E-state index is 11.1. The number of carbonyl (C=O) groups is 1. The second kappa shape index (κ2) is 3.42. The predicted molar refractivity (Wildman–Crippen MR) is 54.7 cm³/mol. The number of imidazole rings is 1. The summed E-state index contributed by atoms with van der Waals surface area (Å²) < 4.78 is 6.40. The lowest BCUT2D eigenvalue weighted by atomic mass is 10.3. The van der Waals surface area contributed by atoms with Crippen LogP contribution in [0.15, 0.2) is 6.20 Å². The second-order valence-corrected chi connectivity index (χ2v) is 3.54. The van der Waals surface area contributed by atoms with Crippen molar-refractivity contribution in [1.29, 1.82) is 0 Å². The average Bonchev–Trinajstić information content (AvgIpc) is 2.68. The molecule has 0 aliphatic rings. The third-order valence-electron chi connectivity index (χ3n) is 2.50. The third-order valence-corrected chi connectivity index (χ3v) is 2.50. The van der Waals surface area contributed by atoms with E-state index in [2.05, 4.69) is 14.8 Å². The number of aromatic amines is 1. The van der Waals surface area contributed by atoms with Gasteiger partial charge in [0.25, 0.3) is 0 Å². The third kappa shape index (κ3) is 1.60. The number of ether oxygens (including phenoxy) is 1. The van der Waals surface area contributed by atoms with Gasteiger partial charge in [-0.1, -0.05) is 0 Å². The first-order valence-corrected chi connectivity index (χ1v) is 4.71. The lowest BCUT2D eigenvalue weighted by molar-refractivity contribution is -0.139. The minimum absolute atomic E-state index is 0.213. The molecule has 0 amide bonds. The molecule has 0 aliphatic heterocycles. The first kappa shape index (κ1) is 9.76. The van der Waals surface area contributed by atoms with Crippen molar-refractivity contribution < 1.29 is 9.53 Å². The van der Waals surface area contributed by atoms with Crippen LogP contribution < -0.4 is 0 Å². The van der Waals surface area contributed by atoms with Gasteiger partial charge in [-0.15, -0.1) is 0 Å². The Labute approximate surface area is 87.0 Å². The number of aromatic nitrogens is 3. The van der Waals surface area contributed by atoms with Crippen LogP contribution in [0.2, 0.25) is 0 Å². The van der Waals surface area contributed by atoms with E-state index in [0.717, 1.165) is 22.6 Å². The molecule has 0 unspecified atom stereocenters. The molecular weight excluding hydrogens is 194 g/mol. The van der Waals surface area contributed by atoms with Gasteiger partial charge in [-0.3, -0.25) is 9.89 Å². The molecule has 0 atom stereocenters. The molecular formula is C10H13N3O2. The standard InChI is InChI=1S/C10H13N3O2/c1-6-7(2)12-13-5-8(11-10(6)13)4-9(14)15-3/h5,12H,4H2,1-3H3. The molecule has 0 bridgehead atoms. The van der Waals surface area contributed by atoms with E-state index in [9.17, 15) is 4.79 Å². The first-order chi connectivity index (χ1) is 7.11. The molecule has 80 valence electrons. The molecule has 0 aromatic carbocycles. The minimum Gasteiger partial charge on any atom is -0.469 e. The van der Waals surface area contributed by atoms with Crippen molar-refractivity contribution in [2.75, 3.05) is 7.11 Å². The summed E-state index contributed by atoms with van der Waals surface area (Å²) >= 11 is 0. The summed E-state index contributed by atoms with van der Waals surface area (Å²) in [4.78, 5) is 15.4. The Morgan fingerprint density at radius 1 is 1.60 bits per heavy atom. The van der Waals surface area contributed by atoms with Crippen molar-refractivity contribution in [3.8, 4) is 0 Å². The van der Waals surface area contributed by atoms with Crippen LogP contribution in [0.1, 0.15) is 17.0 Å². The van der Waals surface area contributed by atoms with Gasteiger partial charge in [0, 0.05) is 11.3 Å². The highest BCUT2D eigenvalue weighted by Crippen LogP contribution is 2.13. The van der Waals surface area contributed by atoms with E-state index in [1.807, 2.05) is 24.6 Å². The number of aryl methyl sites for hydroxylation is 2. The van der Waals surface area contributed by atoms with Crippen molar-refractivity contribution >= 4 is 11.6 Å². The van der Waals surface area contributed by atoms with Gasteiger partial charge < -0.3 is 4.74 Å². The van der Waals surface area contributed by atoms with Gasteiger partial charge in [0.2, 0.25) is 0 Å². The zero-order valence-corrected chi connectivity index (χ0v) is 9.00. The molecule has 0 fully saturated rings. The Morgan fingerprint density at radius 3 is 2.93 bits per heavy atom. The fraction of sp³-hybridized carbons (Fsp3) is 0.400. The molecule has 1 N–H and O–H groups in total. The molecule has 0 aliphatic carbocycles. The molecule has 2 aromatic heterocycles. The fourth-order valence-electron chi connectivity index (χ4n) is 1.52. The molecule has 2 aromatic rings. The summed E-state index contributed by atoms with van der Waals surface area (Å²) in [7, 11) is 1.37. The zero-order valence-electron chi connectivity index (χ0n) is 9.00. The van der Waals surface area contributed by atoms with Gasteiger partial charge in [0.1, 0.15) is 0 Å². The lowest BCUT2D eigenvalue weighted by Gasteiger charge is -1.93. The SMILES string of the molecule is COC(=O)Cc1cn2[nH]c(C)c(C)c2n1. The molecule has 15 heavy (non-hydrogen) atoms. The summed E-state index contributed by atoms with van der Waals surface area (Å²) in [5.74, 6) is -0.273. The van der Waals surface area contributed by atoms with Gasteiger partial charge in [-0.2, -0.15) is 0 Å². The van der Waals surface area contributed by atoms with Crippen molar-refractivity contribution in [3.05, 3.63) is 23.1 Å². The smallest absolute Gasteiger partial charge is 0.311 e. The van der Waals surface area contributed by atoms with E-state index in [4.69, 9.17) is 0 Å². The highest BCUT2D eigenvalue weighted by molar-refractivity contribution is 5.72. The molecule has 2 heterocycles. The lowest BCUT2D eigenvalue weighted by Crippen LogP contribution is -2.04. The summed E-state index contributed by atoms with van der Waals surface area (Å²) in [6.45, 7) is 3.99. The fourth-order valence-corrected chi connectivity index (χ4v) is 1.52. The second-order valence-electron chi connectivity index (χ2n) is 3.54. The largest absolute Gasteiger partial charge is 0.469 e. The van der Waals surface area contributed by atoms with E-state index < -0.39 is 0 Å². The Kier molecular flexibility index (Phi) is 2.22. The summed E-state index contributed by atoms with van der Waals surface area (Å²) in [5.41, 5.74) is 3.77. The van der Waals surface area contributed by atoms with Gasteiger partial charge in [-0.25, -0.2) is 9.50 Å². The zero-order chi connectivity index (χ0) is 11.0. The van der Waals surface area contributed by atoms with E-state index >= 15 is 0 Å². The van der Waals surface area contributed by atoms with Gasteiger partial charge in [0.05, 0.1) is 25.4 Å². The number of esters is 1. The molecule has 0 radical (unpaired) electrons. The number of carbonyl (C=O) groups excluding carboxylic acids is 1. The number of methoxy groups -OCH3 is 1. The van der Waals surface area contributed by atoms with Crippen molar-refractivity contribution in [3.63, 3.8) is 0 Å². The van der Waals surface area contributed by atoms with Gasteiger partial charge in [0.15, 0.2) is 5.65 Å². The minimum atomic E-state index is -0.273. The van der Waals surface area contributed by atoms with Crippen molar-refractivity contribution in [2.45, 2.75) is 20.3 Å².